The quantitative estimate of drug-likeness (QED) is 0.898. The van der Waals surface area contributed by atoms with Crippen molar-refractivity contribution in [1.82, 2.24) is 10.0 Å². The fourth-order valence-corrected chi connectivity index (χ4v) is 4.43. The molecule has 4 nitrogen and oxygen atoms in total. The number of hydrogen-bond acceptors (Lipinski definition) is 3. The maximum absolute atomic E-state index is 12.6. The third-order valence-corrected chi connectivity index (χ3v) is 5.63. The molecule has 0 amide bonds. The van der Waals surface area contributed by atoms with Crippen LogP contribution in [0.15, 0.2) is 23.1 Å². The van der Waals surface area contributed by atoms with Gasteiger partial charge in [0.15, 0.2) is 0 Å². The van der Waals surface area contributed by atoms with Gasteiger partial charge in [0.05, 0.1) is 4.90 Å². The van der Waals surface area contributed by atoms with Crippen LogP contribution in [-0.2, 0) is 10.0 Å². The minimum Gasteiger partial charge on any atom is -0.310 e. The summed E-state index contributed by atoms with van der Waals surface area (Å²) in [5.74, 6) is 0. The summed E-state index contributed by atoms with van der Waals surface area (Å²) >= 11 is 0. The molecule has 1 aliphatic rings. The van der Waals surface area contributed by atoms with Crippen molar-refractivity contribution < 1.29 is 8.42 Å². The Labute approximate surface area is 122 Å². The fraction of sp³-hybridized carbons (Fsp3) is 0.600. The number of rotatable bonds is 3. The molecule has 0 spiro atoms. The number of aryl methyl sites for hydroxylation is 2. The molecule has 0 radical (unpaired) electrons. The van der Waals surface area contributed by atoms with E-state index in [-0.39, 0.29) is 12.1 Å². The average molecular weight is 296 g/mol. The van der Waals surface area contributed by atoms with Crippen LogP contribution in [0.25, 0.3) is 0 Å². The SMILES string of the molecule is Cc1ccc(C)c(S(=O)(=O)NC2CCC(C)NC2C)c1. The molecule has 1 heterocycles. The van der Waals surface area contributed by atoms with Gasteiger partial charge in [-0.2, -0.15) is 0 Å². The molecule has 3 unspecified atom stereocenters. The Morgan fingerprint density at radius 1 is 1.20 bits per heavy atom. The Kier molecular flexibility index (Phi) is 4.52. The highest BCUT2D eigenvalue weighted by atomic mass is 32.2. The first-order valence-electron chi connectivity index (χ1n) is 7.15. The van der Waals surface area contributed by atoms with Crippen molar-refractivity contribution in [1.29, 1.82) is 0 Å². The van der Waals surface area contributed by atoms with Crippen LogP contribution < -0.4 is 10.0 Å². The summed E-state index contributed by atoms with van der Waals surface area (Å²) < 4.78 is 28.0. The molecule has 5 heteroatoms. The van der Waals surface area contributed by atoms with Gasteiger partial charge in [0.2, 0.25) is 10.0 Å². The molecule has 2 N–H and O–H groups in total. The van der Waals surface area contributed by atoms with Crippen LogP contribution in [0.4, 0.5) is 0 Å². The molecule has 1 aromatic carbocycles. The zero-order valence-electron chi connectivity index (χ0n) is 12.6. The molecule has 1 aromatic rings. The summed E-state index contributed by atoms with van der Waals surface area (Å²) in [6.45, 7) is 7.90. The zero-order valence-corrected chi connectivity index (χ0v) is 13.4. The molecule has 2 rings (SSSR count). The van der Waals surface area contributed by atoms with E-state index in [1.807, 2.05) is 32.9 Å². The molecule has 0 aliphatic carbocycles. The van der Waals surface area contributed by atoms with E-state index in [0.29, 0.717) is 10.9 Å². The molecular weight excluding hydrogens is 272 g/mol. The Hall–Kier alpha value is -0.910. The molecule has 1 saturated heterocycles. The summed E-state index contributed by atoms with van der Waals surface area (Å²) in [6.07, 6.45) is 1.86. The monoisotopic (exact) mass is 296 g/mol. The average Bonchev–Trinajstić information content (AvgIpc) is 2.35. The van der Waals surface area contributed by atoms with E-state index in [1.165, 1.54) is 0 Å². The maximum atomic E-state index is 12.6. The van der Waals surface area contributed by atoms with Crippen LogP contribution in [0.5, 0.6) is 0 Å². The minimum atomic E-state index is -3.45. The molecule has 1 aliphatic heterocycles. The van der Waals surface area contributed by atoms with Crippen molar-refractivity contribution in [3.05, 3.63) is 29.3 Å². The van der Waals surface area contributed by atoms with Gasteiger partial charge in [-0.3, -0.25) is 0 Å². The van der Waals surface area contributed by atoms with Crippen LogP contribution in [0.1, 0.15) is 37.8 Å². The predicted octanol–water partition coefficient (Wildman–Crippen LogP) is 2.11. The maximum Gasteiger partial charge on any atom is 0.241 e. The smallest absolute Gasteiger partial charge is 0.241 e. The minimum absolute atomic E-state index is 0.0453. The lowest BCUT2D eigenvalue weighted by molar-refractivity contribution is 0.297. The van der Waals surface area contributed by atoms with Gasteiger partial charge in [-0.1, -0.05) is 12.1 Å². The van der Waals surface area contributed by atoms with Crippen LogP contribution in [0.3, 0.4) is 0 Å². The topological polar surface area (TPSA) is 58.2 Å². The summed E-state index contributed by atoms with van der Waals surface area (Å²) in [6, 6.07) is 6.08. The van der Waals surface area contributed by atoms with E-state index in [9.17, 15) is 8.42 Å². The van der Waals surface area contributed by atoms with Crippen molar-refractivity contribution in [2.75, 3.05) is 0 Å². The lowest BCUT2D eigenvalue weighted by Gasteiger charge is -2.34. The normalized spacial score (nSPS) is 27.5. The molecule has 0 aromatic heterocycles. The predicted molar refractivity (Wildman–Crippen MR) is 81.3 cm³/mol. The first kappa shape index (κ1) is 15.5. The van der Waals surface area contributed by atoms with Crippen molar-refractivity contribution in [2.45, 2.75) is 63.6 Å². The van der Waals surface area contributed by atoms with Gasteiger partial charge in [0, 0.05) is 18.1 Å². The number of hydrogen-bond donors (Lipinski definition) is 2. The van der Waals surface area contributed by atoms with Crippen LogP contribution in [0, 0.1) is 13.8 Å². The Balaban J connectivity index is 2.21. The van der Waals surface area contributed by atoms with Gasteiger partial charge in [-0.15, -0.1) is 0 Å². The molecule has 0 saturated carbocycles. The number of benzene rings is 1. The van der Waals surface area contributed by atoms with Crippen LogP contribution in [-0.4, -0.2) is 26.5 Å². The summed E-state index contributed by atoms with van der Waals surface area (Å²) in [5, 5.41) is 3.40. The molecular formula is C15H24N2O2S. The highest BCUT2D eigenvalue weighted by Crippen LogP contribution is 2.20. The molecule has 112 valence electrons. The Morgan fingerprint density at radius 2 is 1.90 bits per heavy atom. The van der Waals surface area contributed by atoms with Gasteiger partial charge in [-0.05, 0) is 57.7 Å². The molecule has 3 atom stereocenters. The lowest BCUT2D eigenvalue weighted by Crippen LogP contribution is -2.54. The largest absolute Gasteiger partial charge is 0.310 e. The number of nitrogens with one attached hydrogen (secondary N) is 2. The zero-order chi connectivity index (χ0) is 14.9. The van der Waals surface area contributed by atoms with Crippen molar-refractivity contribution in [3.8, 4) is 0 Å². The Bertz CT molecular complexity index is 584. The second-order valence-electron chi connectivity index (χ2n) is 5.93. The van der Waals surface area contributed by atoms with Crippen LogP contribution >= 0.6 is 0 Å². The number of piperidine rings is 1. The van der Waals surface area contributed by atoms with E-state index in [2.05, 4.69) is 17.0 Å². The van der Waals surface area contributed by atoms with Gasteiger partial charge >= 0.3 is 0 Å². The van der Waals surface area contributed by atoms with E-state index in [4.69, 9.17) is 0 Å². The summed E-state index contributed by atoms with van der Waals surface area (Å²) in [7, 11) is -3.45. The fourth-order valence-electron chi connectivity index (χ4n) is 2.75. The first-order chi connectivity index (χ1) is 9.29. The third kappa shape index (κ3) is 3.40. The van der Waals surface area contributed by atoms with Gasteiger partial charge in [0.25, 0.3) is 0 Å². The van der Waals surface area contributed by atoms with Crippen molar-refractivity contribution in [2.24, 2.45) is 0 Å². The van der Waals surface area contributed by atoms with E-state index in [1.54, 1.807) is 6.07 Å². The van der Waals surface area contributed by atoms with Crippen molar-refractivity contribution >= 4 is 10.0 Å². The summed E-state index contributed by atoms with van der Waals surface area (Å²) in [5.41, 5.74) is 1.74. The van der Waals surface area contributed by atoms with Crippen LogP contribution in [0.2, 0.25) is 0 Å². The van der Waals surface area contributed by atoms with Gasteiger partial charge < -0.3 is 5.32 Å². The highest BCUT2D eigenvalue weighted by Gasteiger charge is 2.29. The highest BCUT2D eigenvalue weighted by molar-refractivity contribution is 7.89. The third-order valence-electron chi connectivity index (χ3n) is 4.00. The van der Waals surface area contributed by atoms with E-state index >= 15 is 0 Å². The number of sulfonamides is 1. The second kappa shape index (κ2) is 5.84. The lowest BCUT2D eigenvalue weighted by atomic mass is 9.96. The summed E-state index contributed by atoms with van der Waals surface area (Å²) in [4.78, 5) is 0.392. The molecule has 0 bridgehead atoms. The Morgan fingerprint density at radius 3 is 2.55 bits per heavy atom. The van der Waals surface area contributed by atoms with E-state index < -0.39 is 10.0 Å². The second-order valence-corrected chi connectivity index (χ2v) is 7.61. The molecule has 1 fully saturated rings. The van der Waals surface area contributed by atoms with E-state index in [0.717, 1.165) is 24.0 Å². The van der Waals surface area contributed by atoms with Gasteiger partial charge in [0.1, 0.15) is 0 Å². The first-order valence-corrected chi connectivity index (χ1v) is 8.63. The standard InChI is InChI=1S/C15H24N2O2S/c1-10-5-6-11(2)15(9-10)20(18,19)17-14-8-7-12(3)16-13(14)4/h5-6,9,12-14,16-17H,7-8H2,1-4H3. The van der Waals surface area contributed by atoms with Crippen molar-refractivity contribution in [3.63, 3.8) is 0 Å². The van der Waals surface area contributed by atoms with Gasteiger partial charge in [-0.25, -0.2) is 13.1 Å². The molecule has 20 heavy (non-hydrogen) atoms.